The highest BCUT2D eigenvalue weighted by Gasteiger charge is 2.23. The maximum atomic E-state index is 3.71. The second kappa shape index (κ2) is 6.78. The van der Waals surface area contributed by atoms with Crippen LogP contribution in [0.15, 0.2) is 30.3 Å². The quantitative estimate of drug-likeness (QED) is 0.914. The molecule has 0 amide bonds. The summed E-state index contributed by atoms with van der Waals surface area (Å²) in [6, 6.07) is 11.4. The van der Waals surface area contributed by atoms with Crippen LogP contribution in [0.4, 0.5) is 0 Å². The third-order valence-corrected chi connectivity index (χ3v) is 5.46. The zero-order chi connectivity index (χ0) is 12.9. The Morgan fingerprint density at radius 3 is 2.95 bits per heavy atom. The van der Waals surface area contributed by atoms with Crippen LogP contribution in [0.5, 0.6) is 0 Å². The van der Waals surface area contributed by atoms with Crippen LogP contribution in [0.2, 0.25) is 0 Å². The second-order valence-electron chi connectivity index (χ2n) is 5.76. The van der Waals surface area contributed by atoms with Crippen molar-refractivity contribution in [1.29, 1.82) is 0 Å². The predicted octanol–water partition coefficient (Wildman–Crippen LogP) is 2.78. The molecule has 0 saturated carbocycles. The normalized spacial score (nSPS) is 29.3. The Labute approximate surface area is 121 Å². The summed E-state index contributed by atoms with van der Waals surface area (Å²) in [5.74, 6) is 3.68. The van der Waals surface area contributed by atoms with E-state index in [1.807, 2.05) is 0 Å². The Balaban J connectivity index is 1.62. The Hall–Kier alpha value is -0.510. The van der Waals surface area contributed by atoms with E-state index >= 15 is 0 Å². The summed E-state index contributed by atoms with van der Waals surface area (Å²) in [5, 5.41) is 3.71. The lowest BCUT2D eigenvalue weighted by Gasteiger charge is -2.26. The van der Waals surface area contributed by atoms with Crippen molar-refractivity contribution in [3.05, 3.63) is 35.9 Å². The van der Waals surface area contributed by atoms with Gasteiger partial charge in [-0.2, -0.15) is 11.8 Å². The number of benzene rings is 1. The van der Waals surface area contributed by atoms with Crippen LogP contribution in [0, 0.1) is 5.92 Å². The highest BCUT2D eigenvalue weighted by molar-refractivity contribution is 7.99. The van der Waals surface area contributed by atoms with Gasteiger partial charge in [0.15, 0.2) is 0 Å². The van der Waals surface area contributed by atoms with E-state index in [0.29, 0.717) is 6.04 Å². The van der Waals surface area contributed by atoms with Gasteiger partial charge in [0.2, 0.25) is 0 Å². The topological polar surface area (TPSA) is 15.3 Å². The standard InChI is InChI=1S/C16H24N2S/c1-2-5-15(6-3-1)16-12-18(9-4-8-17-16)11-14-7-10-19-13-14/h1-3,5-6,14,16-17H,4,7-13H2. The van der Waals surface area contributed by atoms with E-state index in [1.54, 1.807) is 0 Å². The number of nitrogens with one attached hydrogen (secondary N) is 1. The monoisotopic (exact) mass is 276 g/mol. The van der Waals surface area contributed by atoms with Gasteiger partial charge in [-0.25, -0.2) is 0 Å². The third-order valence-electron chi connectivity index (χ3n) is 4.22. The fraction of sp³-hybridized carbons (Fsp3) is 0.625. The molecule has 3 heteroatoms. The van der Waals surface area contributed by atoms with Gasteiger partial charge in [-0.1, -0.05) is 30.3 Å². The Morgan fingerprint density at radius 1 is 1.26 bits per heavy atom. The summed E-state index contributed by atoms with van der Waals surface area (Å²) in [6.07, 6.45) is 2.70. The van der Waals surface area contributed by atoms with Gasteiger partial charge in [0.1, 0.15) is 0 Å². The Bertz CT molecular complexity index is 376. The predicted molar refractivity (Wildman–Crippen MR) is 83.7 cm³/mol. The molecule has 2 atom stereocenters. The van der Waals surface area contributed by atoms with Gasteiger partial charge < -0.3 is 10.2 Å². The Morgan fingerprint density at radius 2 is 2.16 bits per heavy atom. The fourth-order valence-electron chi connectivity index (χ4n) is 3.16. The number of nitrogens with zero attached hydrogens (tertiary/aromatic N) is 1. The van der Waals surface area contributed by atoms with Crippen molar-refractivity contribution in [2.24, 2.45) is 5.92 Å². The molecule has 2 aliphatic heterocycles. The van der Waals surface area contributed by atoms with Crippen molar-refractivity contribution in [3.63, 3.8) is 0 Å². The minimum atomic E-state index is 0.512. The molecular formula is C16H24N2S. The molecule has 1 aromatic rings. The molecule has 0 aromatic heterocycles. The van der Waals surface area contributed by atoms with Crippen LogP contribution < -0.4 is 5.32 Å². The maximum absolute atomic E-state index is 3.71. The van der Waals surface area contributed by atoms with Crippen LogP contribution in [0.25, 0.3) is 0 Å². The van der Waals surface area contributed by atoms with Gasteiger partial charge in [-0.05, 0) is 48.9 Å². The summed E-state index contributed by atoms with van der Waals surface area (Å²) in [6.45, 7) is 4.89. The van der Waals surface area contributed by atoms with Crippen molar-refractivity contribution < 1.29 is 0 Å². The minimum Gasteiger partial charge on any atom is -0.309 e. The zero-order valence-electron chi connectivity index (χ0n) is 11.6. The molecule has 1 N–H and O–H groups in total. The van der Waals surface area contributed by atoms with Crippen LogP contribution in [-0.2, 0) is 0 Å². The lowest BCUT2D eigenvalue weighted by molar-refractivity contribution is 0.236. The molecule has 0 spiro atoms. The smallest absolute Gasteiger partial charge is 0.0449 e. The first-order valence-corrected chi connectivity index (χ1v) is 8.66. The zero-order valence-corrected chi connectivity index (χ0v) is 12.4. The van der Waals surface area contributed by atoms with Crippen molar-refractivity contribution in [2.75, 3.05) is 37.7 Å². The molecule has 0 radical (unpaired) electrons. The largest absolute Gasteiger partial charge is 0.309 e. The molecular weight excluding hydrogens is 252 g/mol. The molecule has 104 valence electrons. The van der Waals surface area contributed by atoms with Gasteiger partial charge >= 0.3 is 0 Å². The number of hydrogen-bond acceptors (Lipinski definition) is 3. The molecule has 19 heavy (non-hydrogen) atoms. The summed E-state index contributed by atoms with van der Waals surface area (Å²) in [4.78, 5) is 2.69. The summed E-state index contributed by atoms with van der Waals surface area (Å²) < 4.78 is 0. The van der Waals surface area contributed by atoms with E-state index in [0.717, 1.165) is 12.5 Å². The van der Waals surface area contributed by atoms with Gasteiger partial charge in [0, 0.05) is 19.1 Å². The van der Waals surface area contributed by atoms with Crippen LogP contribution in [0.1, 0.15) is 24.4 Å². The van der Waals surface area contributed by atoms with Gasteiger partial charge in [-0.3, -0.25) is 0 Å². The maximum Gasteiger partial charge on any atom is 0.0449 e. The van der Waals surface area contributed by atoms with Crippen molar-refractivity contribution in [2.45, 2.75) is 18.9 Å². The van der Waals surface area contributed by atoms with Crippen molar-refractivity contribution in [1.82, 2.24) is 10.2 Å². The fourth-order valence-corrected chi connectivity index (χ4v) is 4.43. The number of rotatable bonds is 3. The molecule has 0 aliphatic carbocycles. The first kappa shape index (κ1) is 13.5. The van der Waals surface area contributed by atoms with Crippen LogP contribution >= 0.6 is 11.8 Å². The SMILES string of the molecule is c1ccc(C2CN(CC3CCSC3)CCCN2)cc1. The van der Waals surface area contributed by atoms with Gasteiger partial charge in [0.05, 0.1) is 0 Å². The summed E-state index contributed by atoms with van der Waals surface area (Å²) in [5.41, 5.74) is 1.44. The molecule has 3 rings (SSSR count). The van der Waals surface area contributed by atoms with Crippen molar-refractivity contribution in [3.8, 4) is 0 Å². The molecule has 2 saturated heterocycles. The van der Waals surface area contributed by atoms with Crippen LogP contribution in [0.3, 0.4) is 0 Å². The minimum absolute atomic E-state index is 0.512. The first-order valence-electron chi connectivity index (χ1n) is 7.50. The molecule has 2 aliphatic rings. The van der Waals surface area contributed by atoms with Crippen LogP contribution in [-0.4, -0.2) is 42.6 Å². The molecule has 1 aromatic carbocycles. The number of hydrogen-bond donors (Lipinski definition) is 1. The molecule has 0 bridgehead atoms. The highest BCUT2D eigenvalue weighted by Crippen LogP contribution is 2.25. The number of thioether (sulfide) groups is 1. The van der Waals surface area contributed by atoms with E-state index in [9.17, 15) is 0 Å². The second-order valence-corrected chi connectivity index (χ2v) is 6.91. The highest BCUT2D eigenvalue weighted by atomic mass is 32.2. The summed E-state index contributed by atoms with van der Waals surface area (Å²) >= 11 is 2.13. The van der Waals surface area contributed by atoms with E-state index < -0.39 is 0 Å². The molecule has 2 unspecified atom stereocenters. The average Bonchev–Trinajstić information content (AvgIpc) is 2.84. The summed E-state index contributed by atoms with van der Waals surface area (Å²) in [7, 11) is 0. The van der Waals surface area contributed by atoms with Crippen molar-refractivity contribution >= 4 is 11.8 Å². The Kier molecular flexibility index (Phi) is 4.81. The molecule has 2 heterocycles. The van der Waals surface area contributed by atoms with E-state index in [2.05, 4.69) is 52.3 Å². The first-order chi connectivity index (χ1) is 9.42. The van der Waals surface area contributed by atoms with E-state index in [4.69, 9.17) is 0 Å². The molecule has 2 fully saturated rings. The van der Waals surface area contributed by atoms with E-state index in [1.165, 1.54) is 49.5 Å². The average molecular weight is 276 g/mol. The third kappa shape index (κ3) is 3.74. The van der Waals surface area contributed by atoms with Gasteiger partial charge in [0.25, 0.3) is 0 Å². The molecule has 2 nitrogen and oxygen atoms in total. The lowest BCUT2D eigenvalue weighted by Crippen LogP contribution is -2.34. The van der Waals surface area contributed by atoms with Gasteiger partial charge in [-0.15, -0.1) is 0 Å². The van der Waals surface area contributed by atoms with E-state index in [-0.39, 0.29) is 0 Å². The lowest BCUT2D eigenvalue weighted by atomic mass is 10.1.